The lowest BCUT2D eigenvalue weighted by molar-refractivity contribution is -0.122. The van der Waals surface area contributed by atoms with Crippen LogP contribution in [0.3, 0.4) is 0 Å². The fraction of sp³-hybridized carbons (Fsp3) is 0.435. The maximum Gasteiger partial charge on any atom is 0.225 e. The van der Waals surface area contributed by atoms with Crippen LogP contribution in [0.15, 0.2) is 18.3 Å². The van der Waals surface area contributed by atoms with E-state index in [2.05, 4.69) is 15.6 Å². The van der Waals surface area contributed by atoms with Gasteiger partial charge in [-0.2, -0.15) is 10.2 Å². The first-order chi connectivity index (χ1) is 16.8. The molecular weight excluding hydrogens is 491 g/mol. The van der Waals surface area contributed by atoms with E-state index >= 15 is 0 Å². The first-order valence-corrected chi connectivity index (χ1v) is 12.2. The van der Waals surface area contributed by atoms with Gasteiger partial charge < -0.3 is 21.5 Å². The number of amides is 1. The largest absolute Gasteiger partial charge is 0.394 e. The van der Waals surface area contributed by atoms with E-state index in [0.29, 0.717) is 66.4 Å². The van der Waals surface area contributed by atoms with Gasteiger partial charge in [-0.05, 0) is 44.2 Å². The van der Waals surface area contributed by atoms with Gasteiger partial charge in [0.25, 0.3) is 0 Å². The van der Waals surface area contributed by atoms with Crippen LogP contribution in [0.2, 0.25) is 10.0 Å². The quantitative estimate of drug-likeness (QED) is 0.347. The fourth-order valence-electron chi connectivity index (χ4n) is 4.34. The van der Waals surface area contributed by atoms with Crippen molar-refractivity contribution in [1.29, 1.82) is 5.26 Å². The minimum Gasteiger partial charge on any atom is -0.394 e. The standard InChI is InChI=1S/C23H26Cl2N8O2/c1-2-14(11-34)29-22-28-10-18-21(32-22)33(15-5-3-13(4-6-15)20(27)35)23(30-18)31-19-16(24)7-12(9-26)8-17(19)25/h7-8,10,13-15,34H,2-6,11H2,1H3,(H2,27,35)(H,30,31)(H,28,29,32)/t13-,14-,15+/m0/s1. The molecule has 1 atom stereocenters. The average molecular weight is 517 g/mol. The Balaban J connectivity index is 1.77. The van der Waals surface area contributed by atoms with E-state index in [0.717, 1.165) is 0 Å². The molecule has 1 aromatic carbocycles. The molecule has 184 valence electrons. The number of aliphatic hydroxyl groups is 1. The van der Waals surface area contributed by atoms with Crippen LogP contribution < -0.4 is 16.4 Å². The maximum atomic E-state index is 11.7. The Morgan fingerprint density at radius 1 is 1.29 bits per heavy atom. The Morgan fingerprint density at radius 2 is 1.97 bits per heavy atom. The van der Waals surface area contributed by atoms with E-state index in [4.69, 9.17) is 38.9 Å². The van der Waals surface area contributed by atoms with Gasteiger partial charge in [-0.3, -0.25) is 9.36 Å². The molecule has 3 aromatic rings. The molecule has 0 unspecified atom stereocenters. The predicted molar refractivity (Wildman–Crippen MR) is 135 cm³/mol. The van der Waals surface area contributed by atoms with E-state index in [1.807, 2.05) is 17.6 Å². The minimum atomic E-state index is -0.281. The lowest BCUT2D eigenvalue weighted by atomic mass is 9.85. The van der Waals surface area contributed by atoms with E-state index in [-0.39, 0.29) is 40.6 Å². The van der Waals surface area contributed by atoms with Crippen LogP contribution in [0.5, 0.6) is 0 Å². The van der Waals surface area contributed by atoms with Crippen molar-refractivity contribution in [1.82, 2.24) is 19.5 Å². The number of aromatic nitrogens is 4. The number of anilines is 3. The van der Waals surface area contributed by atoms with Crippen LogP contribution in [0.4, 0.5) is 17.6 Å². The SMILES string of the molecule is CC[C@@H](CO)Nc1ncc2nc(Nc3c(Cl)cc(C#N)cc3Cl)n([C@H]3CC[C@@H](C(N)=O)CC3)c2n1. The van der Waals surface area contributed by atoms with Crippen LogP contribution in [0, 0.1) is 17.2 Å². The molecule has 2 aromatic heterocycles. The van der Waals surface area contributed by atoms with Crippen molar-refractivity contribution in [3.05, 3.63) is 33.9 Å². The van der Waals surface area contributed by atoms with Crippen molar-refractivity contribution in [2.24, 2.45) is 11.7 Å². The number of nitrogens with zero attached hydrogens (tertiary/aromatic N) is 5. The van der Waals surface area contributed by atoms with Crippen molar-refractivity contribution in [2.75, 3.05) is 17.2 Å². The van der Waals surface area contributed by atoms with Gasteiger partial charge in [0.1, 0.15) is 5.52 Å². The van der Waals surface area contributed by atoms with Gasteiger partial charge >= 0.3 is 0 Å². The second-order valence-electron chi connectivity index (χ2n) is 8.60. The minimum absolute atomic E-state index is 0.00315. The van der Waals surface area contributed by atoms with Gasteiger partial charge in [0.15, 0.2) is 5.65 Å². The van der Waals surface area contributed by atoms with Crippen molar-refractivity contribution >= 4 is 57.9 Å². The number of halogens is 2. The zero-order chi connectivity index (χ0) is 25.1. The summed E-state index contributed by atoms with van der Waals surface area (Å²) in [7, 11) is 0. The summed E-state index contributed by atoms with van der Waals surface area (Å²) in [4.78, 5) is 25.4. The number of benzene rings is 1. The predicted octanol–water partition coefficient (Wildman–Crippen LogP) is 4.15. The average Bonchev–Trinajstić information content (AvgIpc) is 3.21. The van der Waals surface area contributed by atoms with Crippen LogP contribution in [-0.2, 0) is 4.79 Å². The summed E-state index contributed by atoms with van der Waals surface area (Å²) < 4.78 is 1.98. The zero-order valence-electron chi connectivity index (χ0n) is 19.1. The Labute approximate surface area is 212 Å². The number of nitrogens with two attached hydrogens (primary N) is 1. The van der Waals surface area contributed by atoms with Crippen LogP contribution >= 0.6 is 23.2 Å². The number of carbonyl (C=O) groups excluding carboxylic acids is 1. The topological polar surface area (TPSA) is 155 Å². The molecule has 0 spiro atoms. The molecule has 0 aliphatic heterocycles. The van der Waals surface area contributed by atoms with E-state index in [1.165, 1.54) is 12.1 Å². The smallest absolute Gasteiger partial charge is 0.225 e. The number of fused-ring (bicyclic) bond motifs is 1. The highest BCUT2D eigenvalue weighted by Gasteiger charge is 2.29. The van der Waals surface area contributed by atoms with Gasteiger partial charge in [0, 0.05) is 12.0 Å². The molecule has 0 saturated heterocycles. The highest BCUT2D eigenvalue weighted by atomic mass is 35.5. The number of rotatable bonds is 8. The molecule has 35 heavy (non-hydrogen) atoms. The first-order valence-electron chi connectivity index (χ1n) is 11.4. The zero-order valence-corrected chi connectivity index (χ0v) is 20.6. The lowest BCUT2D eigenvalue weighted by Crippen LogP contribution is -2.29. The Kier molecular flexibility index (Phi) is 7.60. The first kappa shape index (κ1) is 25.0. The number of imidazole rings is 1. The van der Waals surface area contributed by atoms with Crippen LogP contribution in [-0.4, -0.2) is 43.2 Å². The summed E-state index contributed by atoms with van der Waals surface area (Å²) >= 11 is 12.8. The molecule has 12 heteroatoms. The molecule has 1 fully saturated rings. The molecule has 1 saturated carbocycles. The van der Waals surface area contributed by atoms with Crippen molar-refractivity contribution < 1.29 is 9.90 Å². The number of hydrogen-bond donors (Lipinski definition) is 4. The maximum absolute atomic E-state index is 11.7. The molecule has 1 aliphatic rings. The summed E-state index contributed by atoms with van der Waals surface area (Å²) in [5.74, 6) is 0.418. The van der Waals surface area contributed by atoms with E-state index < -0.39 is 0 Å². The number of nitriles is 1. The summed E-state index contributed by atoms with van der Waals surface area (Å²) in [6, 6.07) is 4.91. The Hall–Kier alpha value is -3.13. The monoisotopic (exact) mass is 516 g/mol. The molecule has 1 amide bonds. The highest BCUT2D eigenvalue weighted by Crippen LogP contribution is 2.39. The molecule has 5 N–H and O–H groups in total. The number of carbonyl (C=O) groups is 1. The van der Waals surface area contributed by atoms with Gasteiger partial charge in [-0.25, -0.2) is 9.97 Å². The number of hydrogen-bond acceptors (Lipinski definition) is 8. The van der Waals surface area contributed by atoms with Gasteiger partial charge in [-0.15, -0.1) is 0 Å². The van der Waals surface area contributed by atoms with Crippen LogP contribution in [0.25, 0.3) is 11.2 Å². The fourth-order valence-corrected chi connectivity index (χ4v) is 4.92. The third-order valence-electron chi connectivity index (χ3n) is 6.35. The highest BCUT2D eigenvalue weighted by molar-refractivity contribution is 6.39. The van der Waals surface area contributed by atoms with Gasteiger partial charge in [-0.1, -0.05) is 30.1 Å². The Morgan fingerprint density at radius 3 is 2.54 bits per heavy atom. The molecule has 0 bridgehead atoms. The summed E-state index contributed by atoms with van der Waals surface area (Å²) in [5, 5.41) is 25.7. The summed E-state index contributed by atoms with van der Waals surface area (Å²) in [5.41, 5.74) is 7.46. The molecule has 0 radical (unpaired) electrons. The van der Waals surface area contributed by atoms with Crippen molar-refractivity contribution in [3.8, 4) is 6.07 Å². The second kappa shape index (κ2) is 10.6. The molecule has 2 heterocycles. The van der Waals surface area contributed by atoms with E-state index in [9.17, 15) is 15.2 Å². The van der Waals surface area contributed by atoms with Crippen LogP contribution in [0.1, 0.15) is 50.6 Å². The number of primary amides is 1. The lowest BCUT2D eigenvalue weighted by Gasteiger charge is -2.29. The third kappa shape index (κ3) is 5.27. The van der Waals surface area contributed by atoms with Gasteiger partial charge in [0.05, 0.1) is 46.2 Å². The molecule has 1 aliphatic carbocycles. The number of nitrogens with one attached hydrogen (secondary N) is 2. The van der Waals surface area contributed by atoms with E-state index in [1.54, 1.807) is 6.20 Å². The van der Waals surface area contributed by atoms with Crippen molar-refractivity contribution in [3.63, 3.8) is 0 Å². The molecular formula is C23H26Cl2N8O2. The van der Waals surface area contributed by atoms with Crippen molar-refractivity contribution in [2.45, 2.75) is 51.1 Å². The van der Waals surface area contributed by atoms with Gasteiger partial charge in [0.2, 0.25) is 17.8 Å². The normalized spacial score (nSPS) is 18.7. The number of aliphatic hydroxyl groups excluding tert-OH is 1. The third-order valence-corrected chi connectivity index (χ3v) is 6.95. The summed E-state index contributed by atoms with van der Waals surface area (Å²) in [6.07, 6.45) is 5.07. The molecule has 10 nitrogen and oxygen atoms in total. The Bertz CT molecular complexity index is 1250. The summed E-state index contributed by atoms with van der Waals surface area (Å²) in [6.45, 7) is 1.91. The molecule has 4 rings (SSSR count). The second-order valence-corrected chi connectivity index (χ2v) is 9.41.